The van der Waals surface area contributed by atoms with Crippen molar-refractivity contribution in [1.29, 1.82) is 0 Å². The fourth-order valence-electron chi connectivity index (χ4n) is 3.19. The summed E-state index contributed by atoms with van der Waals surface area (Å²) in [5, 5.41) is 1.97. The molecule has 0 spiro atoms. The number of oxazole rings is 1. The van der Waals surface area contributed by atoms with Gasteiger partial charge in [0.15, 0.2) is 5.58 Å². The molecule has 5 heteroatoms. The van der Waals surface area contributed by atoms with Crippen LogP contribution in [-0.2, 0) is 11.3 Å². The molecule has 0 atom stereocenters. The monoisotopic (exact) mass is 360 g/mol. The molecule has 0 bridgehead atoms. The van der Waals surface area contributed by atoms with E-state index in [-0.39, 0.29) is 5.91 Å². The smallest absolute Gasteiger partial charge is 0.255 e. The SMILES string of the molecule is COCCN(Cc1nc2ccccc2o1)C(=O)c1cccc2ccccc12. The van der Waals surface area contributed by atoms with Crippen molar-refractivity contribution in [1.82, 2.24) is 9.88 Å². The number of carbonyl (C=O) groups is 1. The number of carbonyl (C=O) groups excluding carboxylic acids is 1. The standard InChI is InChI=1S/C22H20N2O3/c1-26-14-13-24(15-21-23-19-11-4-5-12-20(19)27-21)22(25)18-10-6-8-16-7-2-3-9-17(16)18/h2-12H,13-15H2,1H3. The molecule has 0 aliphatic rings. The Bertz CT molecular complexity index is 1050. The van der Waals surface area contributed by atoms with Gasteiger partial charge in [-0.15, -0.1) is 0 Å². The van der Waals surface area contributed by atoms with E-state index in [2.05, 4.69) is 4.98 Å². The number of fused-ring (bicyclic) bond motifs is 2. The highest BCUT2D eigenvalue weighted by Gasteiger charge is 2.20. The zero-order valence-corrected chi connectivity index (χ0v) is 15.1. The lowest BCUT2D eigenvalue weighted by Gasteiger charge is -2.21. The number of hydrogen-bond donors (Lipinski definition) is 0. The first-order chi connectivity index (χ1) is 13.3. The van der Waals surface area contributed by atoms with Gasteiger partial charge in [-0.3, -0.25) is 4.79 Å². The molecule has 0 fully saturated rings. The van der Waals surface area contributed by atoms with Crippen molar-refractivity contribution in [3.8, 4) is 0 Å². The lowest BCUT2D eigenvalue weighted by molar-refractivity contribution is 0.0666. The normalized spacial score (nSPS) is 11.1. The van der Waals surface area contributed by atoms with Gasteiger partial charge < -0.3 is 14.1 Å². The predicted octanol–water partition coefficient (Wildman–Crippen LogP) is 4.27. The molecule has 0 saturated carbocycles. The Balaban J connectivity index is 1.67. The maximum atomic E-state index is 13.3. The molecule has 0 radical (unpaired) electrons. The van der Waals surface area contributed by atoms with E-state index in [0.717, 1.165) is 21.9 Å². The summed E-state index contributed by atoms with van der Waals surface area (Å²) in [6.45, 7) is 1.19. The van der Waals surface area contributed by atoms with Crippen LogP contribution in [0.4, 0.5) is 0 Å². The summed E-state index contributed by atoms with van der Waals surface area (Å²) in [4.78, 5) is 19.5. The molecular formula is C22H20N2O3. The molecule has 1 aromatic heterocycles. The van der Waals surface area contributed by atoms with Crippen molar-refractivity contribution in [2.24, 2.45) is 0 Å². The Hall–Kier alpha value is -3.18. The van der Waals surface area contributed by atoms with Crippen LogP contribution >= 0.6 is 0 Å². The second kappa shape index (κ2) is 7.60. The number of nitrogens with zero attached hydrogens (tertiary/aromatic N) is 2. The Morgan fingerprint density at radius 1 is 1.04 bits per heavy atom. The van der Waals surface area contributed by atoms with E-state index in [0.29, 0.717) is 31.2 Å². The number of methoxy groups -OCH3 is 1. The van der Waals surface area contributed by atoms with Crippen LogP contribution in [0.15, 0.2) is 71.1 Å². The fourth-order valence-corrected chi connectivity index (χ4v) is 3.19. The molecule has 3 aromatic carbocycles. The second-order valence-electron chi connectivity index (χ2n) is 6.32. The Morgan fingerprint density at radius 3 is 2.67 bits per heavy atom. The highest BCUT2D eigenvalue weighted by Crippen LogP contribution is 2.22. The highest BCUT2D eigenvalue weighted by molar-refractivity contribution is 6.07. The molecule has 1 heterocycles. The molecule has 0 N–H and O–H groups in total. The Morgan fingerprint density at radius 2 is 1.81 bits per heavy atom. The van der Waals surface area contributed by atoms with E-state index in [1.165, 1.54) is 0 Å². The third-order valence-corrected chi connectivity index (χ3v) is 4.54. The number of para-hydroxylation sites is 2. The van der Waals surface area contributed by atoms with Crippen LogP contribution in [0.2, 0.25) is 0 Å². The second-order valence-corrected chi connectivity index (χ2v) is 6.32. The van der Waals surface area contributed by atoms with Gasteiger partial charge in [0, 0.05) is 19.2 Å². The summed E-state index contributed by atoms with van der Waals surface area (Å²) in [7, 11) is 1.63. The van der Waals surface area contributed by atoms with Gasteiger partial charge in [-0.05, 0) is 29.0 Å². The van der Waals surface area contributed by atoms with E-state index >= 15 is 0 Å². The van der Waals surface area contributed by atoms with Crippen LogP contribution < -0.4 is 0 Å². The number of ether oxygens (including phenoxy) is 1. The average Bonchev–Trinajstić information content (AvgIpc) is 3.12. The molecule has 0 aliphatic carbocycles. The molecule has 0 unspecified atom stereocenters. The number of rotatable bonds is 6. The molecule has 4 aromatic rings. The van der Waals surface area contributed by atoms with Crippen molar-refractivity contribution in [2.45, 2.75) is 6.54 Å². The van der Waals surface area contributed by atoms with Gasteiger partial charge >= 0.3 is 0 Å². The zero-order chi connectivity index (χ0) is 18.6. The van der Waals surface area contributed by atoms with Crippen molar-refractivity contribution >= 4 is 27.8 Å². The zero-order valence-electron chi connectivity index (χ0n) is 15.1. The number of benzene rings is 3. The fraction of sp³-hybridized carbons (Fsp3) is 0.182. The largest absolute Gasteiger partial charge is 0.439 e. The minimum Gasteiger partial charge on any atom is -0.439 e. The lowest BCUT2D eigenvalue weighted by Crippen LogP contribution is -2.33. The van der Waals surface area contributed by atoms with Crippen LogP contribution in [0.1, 0.15) is 16.2 Å². The van der Waals surface area contributed by atoms with Gasteiger partial charge in [-0.1, -0.05) is 48.5 Å². The van der Waals surface area contributed by atoms with Crippen LogP contribution in [0, 0.1) is 0 Å². The first-order valence-electron chi connectivity index (χ1n) is 8.86. The minimum atomic E-state index is -0.0638. The van der Waals surface area contributed by atoms with E-state index in [9.17, 15) is 4.79 Å². The molecule has 4 rings (SSSR count). The summed E-state index contributed by atoms with van der Waals surface area (Å²) in [5.74, 6) is 0.451. The van der Waals surface area contributed by atoms with Gasteiger partial charge in [0.1, 0.15) is 5.52 Å². The molecule has 0 saturated heterocycles. The molecule has 0 aliphatic heterocycles. The summed E-state index contributed by atoms with van der Waals surface area (Å²) < 4.78 is 11.0. The summed E-state index contributed by atoms with van der Waals surface area (Å²) in [5.41, 5.74) is 2.17. The van der Waals surface area contributed by atoms with Gasteiger partial charge in [0.2, 0.25) is 5.89 Å². The third-order valence-electron chi connectivity index (χ3n) is 4.54. The molecule has 5 nitrogen and oxygen atoms in total. The molecular weight excluding hydrogens is 340 g/mol. The van der Waals surface area contributed by atoms with Crippen LogP contribution in [0.25, 0.3) is 21.9 Å². The maximum Gasteiger partial charge on any atom is 0.255 e. The van der Waals surface area contributed by atoms with Crippen molar-refractivity contribution < 1.29 is 13.9 Å². The quantitative estimate of drug-likeness (QED) is 0.515. The van der Waals surface area contributed by atoms with E-state index in [1.54, 1.807) is 12.0 Å². The number of aromatic nitrogens is 1. The van der Waals surface area contributed by atoms with Gasteiger partial charge in [0.25, 0.3) is 5.91 Å². The van der Waals surface area contributed by atoms with E-state index < -0.39 is 0 Å². The number of amides is 1. The predicted molar refractivity (Wildman–Crippen MR) is 105 cm³/mol. The third kappa shape index (κ3) is 3.55. The van der Waals surface area contributed by atoms with Crippen molar-refractivity contribution in [3.05, 3.63) is 78.2 Å². The van der Waals surface area contributed by atoms with Gasteiger partial charge in [-0.2, -0.15) is 0 Å². The maximum absolute atomic E-state index is 13.3. The van der Waals surface area contributed by atoms with E-state index in [4.69, 9.17) is 9.15 Å². The lowest BCUT2D eigenvalue weighted by atomic mass is 10.0. The first kappa shape index (κ1) is 17.2. The Labute approximate surface area is 157 Å². The van der Waals surface area contributed by atoms with Crippen molar-refractivity contribution in [3.63, 3.8) is 0 Å². The molecule has 136 valence electrons. The summed E-state index contributed by atoms with van der Waals surface area (Å²) >= 11 is 0. The topological polar surface area (TPSA) is 55.6 Å². The van der Waals surface area contributed by atoms with Gasteiger partial charge in [0.05, 0.1) is 13.2 Å². The number of hydrogen-bond acceptors (Lipinski definition) is 4. The van der Waals surface area contributed by atoms with Crippen molar-refractivity contribution in [2.75, 3.05) is 20.3 Å². The minimum absolute atomic E-state index is 0.0638. The van der Waals surface area contributed by atoms with Crippen LogP contribution in [-0.4, -0.2) is 36.1 Å². The highest BCUT2D eigenvalue weighted by atomic mass is 16.5. The average molecular weight is 360 g/mol. The van der Waals surface area contributed by atoms with Gasteiger partial charge in [-0.25, -0.2) is 4.98 Å². The summed E-state index contributed by atoms with van der Waals surface area (Å²) in [6.07, 6.45) is 0. The molecule has 1 amide bonds. The Kier molecular flexibility index (Phi) is 4.85. The molecule has 27 heavy (non-hydrogen) atoms. The first-order valence-corrected chi connectivity index (χ1v) is 8.86. The van der Waals surface area contributed by atoms with Crippen LogP contribution in [0.3, 0.4) is 0 Å². The van der Waals surface area contributed by atoms with E-state index in [1.807, 2.05) is 66.7 Å². The van der Waals surface area contributed by atoms with Crippen LogP contribution in [0.5, 0.6) is 0 Å². The summed E-state index contributed by atoms with van der Waals surface area (Å²) in [6, 6.07) is 21.2.